The second-order valence-electron chi connectivity index (χ2n) is 2.89. The van der Waals surface area contributed by atoms with Crippen LogP contribution < -0.4 is 5.73 Å². The smallest absolute Gasteiger partial charge is 0.163 e. The number of nitrogens with two attached hydrogens (primary N) is 1. The molecule has 0 spiro atoms. The minimum Gasteiger partial charge on any atom is -0.383 e. The predicted molar refractivity (Wildman–Crippen MR) is 55.1 cm³/mol. The van der Waals surface area contributed by atoms with Crippen LogP contribution in [0.3, 0.4) is 0 Å². The number of aromatic nitrogens is 3. The first-order chi connectivity index (χ1) is 7.31. The maximum absolute atomic E-state index is 10.5. The molecule has 0 radical (unpaired) electrons. The van der Waals surface area contributed by atoms with E-state index in [0.717, 1.165) is 5.56 Å². The number of carbonyl (C=O) groups excluding carboxylic acids is 1. The Labute approximate surface area is 86.0 Å². The van der Waals surface area contributed by atoms with Crippen LogP contribution in [0.15, 0.2) is 30.7 Å². The van der Waals surface area contributed by atoms with E-state index in [0.29, 0.717) is 17.7 Å². The lowest BCUT2D eigenvalue weighted by molar-refractivity contribution is 0.112. The average Bonchev–Trinajstić information content (AvgIpc) is 2.30. The first-order valence-corrected chi connectivity index (χ1v) is 4.29. The Morgan fingerprint density at radius 1 is 1.33 bits per heavy atom. The standard InChI is InChI=1S/C10H8N4O/c11-9-8(6-15)5-13-10(14-9)7-2-1-3-12-4-7/h1-6H,(H2,11,13,14). The van der Waals surface area contributed by atoms with Gasteiger partial charge < -0.3 is 5.73 Å². The van der Waals surface area contributed by atoms with E-state index in [-0.39, 0.29) is 5.82 Å². The van der Waals surface area contributed by atoms with Crippen LogP contribution in [0.25, 0.3) is 11.4 Å². The van der Waals surface area contributed by atoms with Gasteiger partial charge in [-0.25, -0.2) is 9.97 Å². The summed E-state index contributed by atoms with van der Waals surface area (Å²) in [5, 5.41) is 0. The number of pyridine rings is 1. The Bertz CT molecular complexity index is 484. The highest BCUT2D eigenvalue weighted by molar-refractivity contribution is 5.81. The highest BCUT2D eigenvalue weighted by atomic mass is 16.1. The molecule has 0 unspecified atom stereocenters. The molecule has 2 aromatic rings. The van der Waals surface area contributed by atoms with E-state index in [1.807, 2.05) is 6.07 Å². The Kier molecular flexibility index (Phi) is 2.37. The Morgan fingerprint density at radius 2 is 2.20 bits per heavy atom. The van der Waals surface area contributed by atoms with Gasteiger partial charge in [-0.15, -0.1) is 0 Å². The van der Waals surface area contributed by atoms with Crippen LogP contribution in [-0.2, 0) is 0 Å². The van der Waals surface area contributed by atoms with Crippen LogP contribution in [0, 0.1) is 0 Å². The second-order valence-corrected chi connectivity index (χ2v) is 2.89. The number of anilines is 1. The molecule has 2 heterocycles. The van der Waals surface area contributed by atoms with Gasteiger partial charge in [0.1, 0.15) is 5.82 Å². The van der Waals surface area contributed by atoms with Crippen molar-refractivity contribution in [1.82, 2.24) is 15.0 Å². The zero-order valence-corrected chi connectivity index (χ0v) is 7.79. The molecule has 0 saturated carbocycles. The van der Waals surface area contributed by atoms with Gasteiger partial charge in [0, 0.05) is 24.2 Å². The summed E-state index contributed by atoms with van der Waals surface area (Å²) in [4.78, 5) is 22.5. The number of carbonyl (C=O) groups is 1. The molecule has 0 fully saturated rings. The predicted octanol–water partition coefficient (Wildman–Crippen LogP) is 0.933. The molecule has 74 valence electrons. The first kappa shape index (κ1) is 9.26. The highest BCUT2D eigenvalue weighted by Crippen LogP contribution is 2.14. The van der Waals surface area contributed by atoms with E-state index in [1.165, 1.54) is 6.20 Å². The molecule has 0 aliphatic heterocycles. The zero-order chi connectivity index (χ0) is 10.7. The SMILES string of the molecule is Nc1nc(-c2cccnc2)ncc1C=O. The quantitative estimate of drug-likeness (QED) is 0.729. The third-order valence-electron chi connectivity index (χ3n) is 1.89. The van der Waals surface area contributed by atoms with Crippen molar-refractivity contribution in [3.63, 3.8) is 0 Å². The van der Waals surface area contributed by atoms with Gasteiger partial charge in [0.05, 0.1) is 5.56 Å². The van der Waals surface area contributed by atoms with Crippen LogP contribution in [0.5, 0.6) is 0 Å². The monoisotopic (exact) mass is 200 g/mol. The lowest BCUT2D eigenvalue weighted by Gasteiger charge is -2.01. The van der Waals surface area contributed by atoms with Gasteiger partial charge in [0.25, 0.3) is 0 Å². The number of hydrogen-bond acceptors (Lipinski definition) is 5. The number of aldehydes is 1. The molecule has 0 aromatic carbocycles. The molecular weight excluding hydrogens is 192 g/mol. The Morgan fingerprint density at radius 3 is 2.80 bits per heavy atom. The van der Waals surface area contributed by atoms with E-state index >= 15 is 0 Å². The lowest BCUT2D eigenvalue weighted by Crippen LogP contribution is -2.00. The molecule has 5 heteroatoms. The van der Waals surface area contributed by atoms with Gasteiger partial charge in [-0.3, -0.25) is 9.78 Å². The fourth-order valence-corrected chi connectivity index (χ4v) is 1.13. The molecule has 0 aliphatic rings. The van der Waals surface area contributed by atoms with Crippen molar-refractivity contribution in [1.29, 1.82) is 0 Å². The molecule has 0 amide bonds. The summed E-state index contributed by atoms with van der Waals surface area (Å²) in [7, 11) is 0. The fourth-order valence-electron chi connectivity index (χ4n) is 1.13. The first-order valence-electron chi connectivity index (χ1n) is 4.29. The third-order valence-corrected chi connectivity index (χ3v) is 1.89. The van der Waals surface area contributed by atoms with Crippen LogP contribution in [0.4, 0.5) is 5.82 Å². The molecule has 0 saturated heterocycles. The van der Waals surface area contributed by atoms with Gasteiger partial charge >= 0.3 is 0 Å². The number of nitrogen functional groups attached to an aromatic ring is 1. The molecular formula is C10H8N4O. The van der Waals surface area contributed by atoms with E-state index in [2.05, 4.69) is 15.0 Å². The van der Waals surface area contributed by atoms with Crippen LogP contribution >= 0.6 is 0 Å². The van der Waals surface area contributed by atoms with E-state index in [4.69, 9.17) is 5.73 Å². The molecule has 0 atom stereocenters. The molecule has 15 heavy (non-hydrogen) atoms. The summed E-state index contributed by atoms with van der Waals surface area (Å²) in [6, 6.07) is 3.60. The normalized spacial score (nSPS) is 9.87. The number of rotatable bonds is 2. The molecule has 0 bridgehead atoms. The van der Waals surface area contributed by atoms with E-state index in [1.54, 1.807) is 18.5 Å². The van der Waals surface area contributed by atoms with Crippen molar-refractivity contribution in [2.24, 2.45) is 0 Å². The molecule has 2 aromatic heterocycles. The maximum atomic E-state index is 10.5. The van der Waals surface area contributed by atoms with Crippen LogP contribution in [0.1, 0.15) is 10.4 Å². The third kappa shape index (κ3) is 1.80. The fraction of sp³-hybridized carbons (Fsp3) is 0. The Balaban J connectivity index is 2.47. The summed E-state index contributed by atoms with van der Waals surface area (Å²) >= 11 is 0. The van der Waals surface area contributed by atoms with Crippen molar-refractivity contribution in [2.75, 3.05) is 5.73 Å². The minimum atomic E-state index is 0.179. The van der Waals surface area contributed by atoms with Gasteiger partial charge in [-0.1, -0.05) is 0 Å². The van der Waals surface area contributed by atoms with Crippen molar-refractivity contribution < 1.29 is 4.79 Å². The van der Waals surface area contributed by atoms with Crippen molar-refractivity contribution in [3.8, 4) is 11.4 Å². The molecule has 2 rings (SSSR count). The van der Waals surface area contributed by atoms with Gasteiger partial charge in [0.2, 0.25) is 0 Å². The summed E-state index contributed by atoms with van der Waals surface area (Å²) in [5.41, 5.74) is 6.63. The van der Waals surface area contributed by atoms with E-state index in [9.17, 15) is 4.79 Å². The second kappa shape index (κ2) is 3.83. The summed E-state index contributed by atoms with van der Waals surface area (Å²) in [6.07, 6.45) is 5.32. The average molecular weight is 200 g/mol. The van der Waals surface area contributed by atoms with E-state index < -0.39 is 0 Å². The molecule has 5 nitrogen and oxygen atoms in total. The van der Waals surface area contributed by atoms with Crippen LogP contribution in [-0.4, -0.2) is 21.2 Å². The number of nitrogens with zero attached hydrogens (tertiary/aromatic N) is 3. The largest absolute Gasteiger partial charge is 0.383 e. The van der Waals surface area contributed by atoms with Gasteiger partial charge in [-0.05, 0) is 12.1 Å². The van der Waals surface area contributed by atoms with Crippen molar-refractivity contribution in [2.45, 2.75) is 0 Å². The summed E-state index contributed by atoms with van der Waals surface area (Å²) in [5.74, 6) is 0.644. The Hall–Kier alpha value is -2.30. The van der Waals surface area contributed by atoms with Gasteiger partial charge in [-0.2, -0.15) is 0 Å². The van der Waals surface area contributed by atoms with Crippen molar-refractivity contribution >= 4 is 12.1 Å². The summed E-state index contributed by atoms with van der Waals surface area (Å²) in [6.45, 7) is 0. The van der Waals surface area contributed by atoms with Crippen molar-refractivity contribution in [3.05, 3.63) is 36.3 Å². The van der Waals surface area contributed by atoms with Gasteiger partial charge in [0.15, 0.2) is 12.1 Å². The lowest BCUT2D eigenvalue weighted by atomic mass is 10.2. The number of hydrogen-bond donors (Lipinski definition) is 1. The molecule has 2 N–H and O–H groups in total. The molecule has 0 aliphatic carbocycles. The zero-order valence-electron chi connectivity index (χ0n) is 7.79. The highest BCUT2D eigenvalue weighted by Gasteiger charge is 2.04. The topological polar surface area (TPSA) is 81.8 Å². The van der Waals surface area contributed by atoms with Crippen LogP contribution in [0.2, 0.25) is 0 Å². The summed E-state index contributed by atoms with van der Waals surface area (Å²) < 4.78 is 0. The minimum absolute atomic E-state index is 0.179. The maximum Gasteiger partial charge on any atom is 0.163 e.